The highest BCUT2D eigenvalue weighted by atomic mass is 32.1. The molecule has 3 aromatic carbocycles. The average Bonchev–Trinajstić information content (AvgIpc) is 3.01. The fourth-order valence-corrected chi connectivity index (χ4v) is 4.44. The third kappa shape index (κ3) is 2.30. The molecule has 0 saturated carbocycles. The van der Waals surface area contributed by atoms with Gasteiger partial charge < -0.3 is 11.1 Å². The van der Waals surface area contributed by atoms with Crippen molar-refractivity contribution in [1.29, 1.82) is 5.41 Å². The first-order valence-corrected chi connectivity index (χ1v) is 8.57. The number of nitrogens with two attached hydrogens (primary N) is 1. The number of nitrogens with one attached hydrogen (secondary N) is 1. The van der Waals surface area contributed by atoms with Crippen molar-refractivity contribution in [3.63, 3.8) is 0 Å². The number of hydrogen-bond donors (Lipinski definition) is 2. The maximum atomic E-state index is 7.27. The monoisotopic (exact) mass is 328 g/mol. The van der Waals surface area contributed by atoms with E-state index in [1.807, 2.05) is 18.2 Å². The first-order valence-electron chi connectivity index (χ1n) is 7.76. The van der Waals surface area contributed by atoms with Crippen LogP contribution in [0.3, 0.4) is 0 Å². The van der Waals surface area contributed by atoms with E-state index in [9.17, 15) is 0 Å². The van der Waals surface area contributed by atoms with Gasteiger partial charge in [-0.05, 0) is 17.2 Å². The van der Waals surface area contributed by atoms with E-state index in [1.54, 1.807) is 17.4 Å². The highest BCUT2D eigenvalue weighted by Gasteiger charge is 2.13. The first kappa shape index (κ1) is 14.7. The maximum absolute atomic E-state index is 7.27. The van der Waals surface area contributed by atoms with Crippen molar-refractivity contribution in [2.75, 3.05) is 0 Å². The van der Waals surface area contributed by atoms with Crippen molar-refractivity contribution in [3.8, 4) is 11.1 Å². The lowest BCUT2D eigenvalue weighted by atomic mass is 10.0. The zero-order valence-electron chi connectivity index (χ0n) is 13.0. The molecule has 3 heteroatoms. The minimum atomic E-state index is 0.628. The molecule has 0 bridgehead atoms. The lowest BCUT2D eigenvalue weighted by molar-refractivity contribution is 1.55. The fourth-order valence-electron chi connectivity index (χ4n) is 3.07. The molecule has 0 amide bonds. The lowest BCUT2D eigenvalue weighted by Gasteiger charge is -2.02. The van der Waals surface area contributed by atoms with Gasteiger partial charge in [0.1, 0.15) is 0 Å². The summed E-state index contributed by atoms with van der Waals surface area (Å²) >= 11 is 1.77. The molecule has 0 radical (unpaired) electrons. The zero-order chi connectivity index (χ0) is 16.5. The summed E-state index contributed by atoms with van der Waals surface area (Å²) in [6.45, 7) is 0. The minimum Gasteiger partial charge on any atom is -0.398 e. The molecule has 2 nitrogen and oxygen atoms in total. The summed E-state index contributed by atoms with van der Waals surface area (Å²) in [6.07, 6.45) is 2.87. The van der Waals surface area contributed by atoms with Gasteiger partial charge in [-0.1, -0.05) is 66.7 Å². The molecule has 0 atom stereocenters. The van der Waals surface area contributed by atoms with E-state index in [2.05, 4.69) is 48.5 Å². The second-order valence-corrected chi connectivity index (χ2v) is 6.64. The Balaban J connectivity index is 2.07. The van der Waals surface area contributed by atoms with Crippen molar-refractivity contribution >= 4 is 43.4 Å². The molecular weight excluding hydrogens is 312 g/mol. The Morgan fingerprint density at radius 1 is 0.833 bits per heavy atom. The Labute approximate surface area is 144 Å². The Hall–Kier alpha value is -2.91. The smallest absolute Gasteiger partial charge is 0.0448 e. The molecule has 0 fully saturated rings. The molecular formula is C21H16N2S. The molecule has 4 rings (SSSR count). The van der Waals surface area contributed by atoms with E-state index in [0.717, 1.165) is 5.56 Å². The predicted molar refractivity (Wildman–Crippen MR) is 106 cm³/mol. The molecule has 1 aromatic heterocycles. The highest BCUT2D eigenvalue weighted by molar-refractivity contribution is 7.26. The van der Waals surface area contributed by atoms with E-state index >= 15 is 0 Å². The summed E-state index contributed by atoms with van der Waals surface area (Å²) in [6, 6.07) is 23.1. The molecule has 0 saturated heterocycles. The lowest BCUT2D eigenvalue weighted by Crippen LogP contribution is -1.96. The first-order chi connectivity index (χ1) is 11.8. The van der Waals surface area contributed by atoms with E-state index in [1.165, 1.54) is 37.5 Å². The van der Waals surface area contributed by atoms with Crippen molar-refractivity contribution in [3.05, 3.63) is 78.4 Å². The van der Waals surface area contributed by atoms with E-state index < -0.39 is 0 Å². The Kier molecular flexibility index (Phi) is 3.63. The number of hydrogen-bond acceptors (Lipinski definition) is 3. The van der Waals surface area contributed by atoms with Gasteiger partial charge in [-0.25, -0.2) is 0 Å². The second-order valence-electron chi connectivity index (χ2n) is 5.62. The molecule has 116 valence electrons. The summed E-state index contributed by atoms with van der Waals surface area (Å²) in [5.74, 6) is 0. The normalized spacial score (nSPS) is 11.9. The third-order valence-corrected chi connectivity index (χ3v) is 5.47. The van der Waals surface area contributed by atoms with Crippen molar-refractivity contribution < 1.29 is 0 Å². The molecule has 0 aliphatic heterocycles. The molecule has 3 N–H and O–H groups in total. The van der Waals surface area contributed by atoms with Crippen LogP contribution in [0.1, 0.15) is 5.56 Å². The predicted octanol–water partition coefficient (Wildman–Crippen LogP) is 5.67. The van der Waals surface area contributed by atoms with Gasteiger partial charge in [0.25, 0.3) is 0 Å². The average molecular weight is 328 g/mol. The van der Waals surface area contributed by atoms with Crippen molar-refractivity contribution in [1.82, 2.24) is 0 Å². The largest absolute Gasteiger partial charge is 0.398 e. The van der Waals surface area contributed by atoms with Gasteiger partial charge in [0.2, 0.25) is 0 Å². The molecule has 4 aromatic rings. The van der Waals surface area contributed by atoms with Crippen LogP contribution >= 0.6 is 11.3 Å². The summed E-state index contributed by atoms with van der Waals surface area (Å²) in [7, 11) is 0. The molecule has 1 heterocycles. The fraction of sp³-hybridized carbons (Fsp3) is 0. The van der Waals surface area contributed by atoms with Gasteiger partial charge >= 0.3 is 0 Å². The molecule has 0 spiro atoms. The summed E-state index contributed by atoms with van der Waals surface area (Å²) in [5.41, 5.74) is 10.3. The topological polar surface area (TPSA) is 49.9 Å². The number of allylic oxidation sites excluding steroid dienone is 1. The summed E-state index contributed by atoms with van der Waals surface area (Å²) in [4.78, 5) is 0. The molecule has 0 unspecified atom stereocenters. The van der Waals surface area contributed by atoms with Gasteiger partial charge in [-0.3, -0.25) is 0 Å². The van der Waals surface area contributed by atoms with Crippen LogP contribution in [-0.2, 0) is 0 Å². The number of rotatable bonds is 3. The van der Waals surface area contributed by atoms with E-state index in [0.29, 0.717) is 5.70 Å². The quantitative estimate of drug-likeness (QED) is 0.468. The van der Waals surface area contributed by atoms with Crippen LogP contribution in [-0.4, -0.2) is 6.21 Å². The second kappa shape index (κ2) is 5.95. The van der Waals surface area contributed by atoms with Crippen LogP contribution in [0.15, 0.2) is 72.8 Å². The molecule has 0 aliphatic rings. The van der Waals surface area contributed by atoms with Crippen molar-refractivity contribution in [2.24, 2.45) is 5.73 Å². The summed E-state index contributed by atoms with van der Waals surface area (Å²) in [5, 5.41) is 9.73. The number of fused-ring (bicyclic) bond motifs is 3. The molecule has 24 heavy (non-hydrogen) atoms. The van der Waals surface area contributed by atoms with Crippen LogP contribution in [0.4, 0.5) is 0 Å². The Bertz CT molecular complexity index is 1080. The van der Waals surface area contributed by atoms with Crippen LogP contribution in [0.25, 0.3) is 37.0 Å². The van der Waals surface area contributed by atoms with Crippen LogP contribution in [0.5, 0.6) is 0 Å². The van der Waals surface area contributed by atoms with Crippen LogP contribution in [0, 0.1) is 5.41 Å². The maximum Gasteiger partial charge on any atom is 0.0448 e. The summed E-state index contributed by atoms with van der Waals surface area (Å²) < 4.78 is 2.44. The van der Waals surface area contributed by atoms with Gasteiger partial charge in [-0.15, -0.1) is 11.3 Å². The Morgan fingerprint density at radius 3 is 2.29 bits per heavy atom. The number of thiophene rings is 1. The van der Waals surface area contributed by atoms with Gasteiger partial charge in [0.05, 0.1) is 0 Å². The van der Waals surface area contributed by atoms with E-state index in [4.69, 9.17) is 11.1 Å². The van der Waals surface area contributed by atoms with Crippen molar-refractivity contribution in [2.45, 2.75) is 0 Å². The highest BCUT2D eigenvalue weighted by Crippen LogP contribution is 2.41. The number of benzene rings is 3. The standard InChI is InChI=1S/C21H16N2S/c22-13-12-19(23)18-11-5-10-17-16-9-4-8-15(20(16)24-21(17)18)14-6-2-1-3-7-14/h1-13,22H,23H2. The van der Waals surface area contributed by atoms with Crippen LogP contribution in [0.2, 0.25) is 0 Å². The van der Waals surface area contributed by atoms with Gasteiger partial charge in [-0.2, -0.15) is 0 Å². The van der Waals surface area contributed by atoms with Gasteiger partial charge in [0.15, 0.2) is 0 Å². The minimum absolute atomic E-state index is 0.628. The third-order valence-electron chi connectivity index (χ3n) is 4.18. The molecule has 0 aliphatic carbocycles. The Morgan fingerprint density at radius 2 is 1.54 bits per heavy atom. The van der Waals surface area contributed by atoms with E-state index in [-0.39, 0.29) is 0 Å². The zero-order valence-corrected chi connectivity index (χ0v) is 13.8. The van der Waals surface area contributed by atoms with Gasteiger partial charge in [0, 0.05) is 37.6 Å². The SMILES string of the molecule is N=CC=C(N)c1cccc2c1sc1c(-c3ccccc3)cccc12. The van der Waals surface area contributed by atoms with Crippen LogP contribution < -0.4 is 5.73 Å².